The van der Waals surface area contributed by atoms with Crippen LogP contribution in [0, 0.1) is 0 Å². The van der Waals surface area contributed by atoms with E-state index in [1.807, 2.05) is 0 Å². The second kappa shape index (κ2) is 8.08. The summed E-state index contributed by atoms with van der Waals surface area (Å²) in [5.74, 6) is -0.115. The average molecular weight is 326 g/mol. The molecule has 1 saturated heterocycles. The molecule has 1 heterocycles. The molecule has 0 aliphatic carbocycles. The third-order valence-electron chi connectivity index (χ3n) is 4.90. The summed E-state index contributed by atoms with van der Waals surface area (Å²) in [6.45, 7) is 4.59. The molecule has 24 heavy (non-hydrogen) atoms. The first-order chi connectivity index (χ1) is 11.8. The van der Waals surface area contributed by atoms with E-state index in [-0.39, 0.29) is 5.97 Å². The number of carbonyl (C=O) groups is 1. The van der Waals surface area contributed by atoms with Crippen molar-refractivity contribution in [3.63, 3.8) is 0 Å². The summed E-state index contributed by atoms with van der Waals surface area (Å²) in [6, 6.07) is 21.8. The molecule has 0 amide bonds. The molecule has 4 nitrogen and oxygen atoms in total. The summed E-state index contributed by atoms with van der Waals surface area (Å²) >= 11 is 0. The number of hydrogen-bond donors (Lipinski definition) is 2. The second-order valence-electron chi connectivity index (χ2n) is 6.42. The maximum atomic E-state index is 11.5. The Bertz CT molecular complexity index is 598. The molecule has 126 valence electrons. The zero-order chi connectivity index (χ0) is 16.8. The minimum absolute atomic E-state index is 0.115. The molecule has 0 atom stereocenters. The van der Waals surface area contributed by atoms with E-state index in [4.69, 9.17) is 4.74 Å². The Balaban J connectivity index is 1.75. The van der Waals surface area contributed by atoms with Gasteiger partial charge in [0.15, 0.2) is 6.54 Å². The summed E-state index contributed by atoms with van der Waals surface area (Å²) in [6.07, 6.45) is 0. The Morgan fingerprint density at radius 3 is 1.88 bits per heavy atom. The fourth-order valence-electron chi connectivity index (χ4n) is 3.62. The van der Waals surface area contributed by atoms with E-state index >= 15 is 0 Å². The van der Waals surface area contributed by atoms with Crippen LogP contribution in [0.5, 0.6) is 0 Å². The van der Waals surface area contributed by atoms with E-state index in [0.29, 0.717) is 12.6 Å². The van der Waals surface area contributed by atoms with Gasteiger partial charge in [0.2, 0.25) is 0 Å². The molecule has 2 N–H and O–H groups in total. The molecule has 1 fully saturated rings. The predicted octanol–water partition coefficient (Wildman–Crippen LogP) is -0.268. The first kappa shape index (κ1) is 16.7. The average Bonchev–Trinajstić information content (AvgIpc) is 2.65. The van der Waals surface area contributed by atoms with Crippen molar-refractivity contribution in [3.05, 3.63) is 71.8 Å². The molecule has 0 unspecified atom stereocenters. The highest BCUT2D eigenvalue weighted by atomic mass is 16.5. The fourth-order valence-corrected chi connectivity index (χ4v) is 3.62. The molecular formula is C20H26N2O2+2. The molecule has 0 spiro atoms. The van der Waals surface area contributed by atoms with Crippen LogP contribution in [-0.2, 0) is 9.53 Å². The summed E-state index contributed by atoms with van der Waals surface area (Å²) in [5, 5.41) is 0. The maximum absolute atomic E-state index is 11.5. The molecule has 1 aliphatic heterocycles. The second-order valence-corrected chi connectivity index (χ2v) is 6.42. The Labute approximate surface area is 143 Å². The molecular weight excluding hydrogens is 300 g/mol. The molecule has 4 heteroatoms. The first-order valence-corrected chi connectivity index (χ1v) is 8.63. The van der Waals surface area contributed by atoms with Gasteiger partial charge in [0.1, 0.15) is 32.2 Å². The van der Waals surface area contributed by atoms with Gasteiger partial charge in [-0.25, -0.2) is 4.79 Å². The van der Waals surface area contributed by atoms with Gasteiger partial charge in [-0.15, -0.1) is 0 Å². The van der Waals surface area contributed by atoms with Crippen LogP contribution in [0.25, 0.3) is 0 Å². The van der Waals surface area contributed by atoms with Crippen molar-refractivity contribution < 1.29 is 19.3 Å². The molecule has 0 aromatic heterocycles. The number of ether oxygens (including phenoxy) is 1. The van der Waals surface area contributed by atoms with Gasteiger partial charge in [-0.2, -0.15) is 0 Å². The zero-order valence-electron chi connectivity index (χ0n) is 14.2. The lowest BCUT2D eigenvalue weighted by Crippen LogP contribution is -3.28. The number of nitrogens with one attached hydrogen (secondary N) is 2. The van der Waals surface area contributed by atoms with Gasteiger partial charge in [0.25, 0.3) is 0 Å². The number of hydrogen-bond acceptors (Lipinski definition) is 2. The summed E-state index contributed by atoms with van der Waals surface area (Å²) in [7, 11) is 1.46. The number of carbonyl (C=O) groups excluding carboxylic acids is 1. The number of benzene rings is 2. The summed E-state index contributed by atoms with van der Waals surface area (Å²) in [5.41, 5.74) is 2.71. The van der Waals surface area contributed by atoms with Crippen molar-refractivity contribution in [2.75, 3.05) is 39.8 Å². The lowest BCUT2D eigenvalue weighted by Gasteiger charge is -2.34. The first-order valence-electron chi connectivity index (χ1n) is 8.63. The molecule has 0 radical (unpaired) electrons. The highest BCUT2D eigenvalue weighted by molar-refractivity contribution is 5.70. The van der Waals surface area contributed by atoms with Crippen LogP contribution < -0.4 is 9.80 Å². The van der Waals surface area contributed by atoms with Crippen molar-refractivity contribution in [2.45, 2.75) is 6.04 Å². The fraction of sp³-hybridized carbons (Fsp3) is 0.350. The van der Waals surface area contributed by atoms with Crippen molar-refractivity contribution in [3.8, 4) is 0 Å². The Hall–Kier alpha value is -2.17. The highest BCUT2D eigenvalue weighted by Crippen LogP contribution is 2.18. The van der Waals surface area contributed by atoms with E-state index in [9.17, 15) is 4.79 Å². The van der Waals surface area contributed by atoms with Crippen LogP contribution in [0.4, 0.5) is 0 Å². The molecule has 0 bridgehead atoms. The van der Waals surface area contributed by atoms with E-state index < -0.39 is 0 Å². The van der Waals surface area contributed by atoms with Gasteiger partial charge in [-0.1, -0.05) is 60.7 Å². The van der Waals surface area contributed by atoms with Gasteiger partial charge >= 0.3 is 5.97 Å². The van der Waals surface area contributed by atoms with Crippen molar-refractivity contribution in [1.82, 2.24) is 0 Å². The maximum Gasteiger partial charge on any atom is 0.361 e. The quantitative estimate of drug-likeness (QED) is 0.742. The molecule has 1 aliphatic rings. The number of rotatable bonds is 5. The van der Waals surface area contributed by atoms with Crippen LogP contribution in [0.15, 0.2) is 60.7 Å². The van der Waals surface area contributed by atoms with Gasteiger partial charge < -0.3 is 14.5 Å². The Morgan fingerprint density at radius 2 is 1.42 bits per heavy atom. The lowest BCUT2D eigenvalue weighted by atomic mass is 9.96. The van der Waals surface area contributed by atoms with E-state index in [1.54, 1.807) is 4.90 Å². The van der Waals surface area contributed by atoms with Crippen molar-refractivity contribution in [2.24, 2.45) is 0 Å². The minimum Gasteiger partial charge on any atom is -0.465 e. The number of quaternary nitrogens is 2. The van der Waals surface area contributed by atoms with E-state index in [2.05, 4.69) is 60.7 Å². The minimum atomic E-state index is -0.115. The SMILES string of the molecule is COC(=O)C[NH+]1CC[NH+](C(c2ccccc2)c2ccccc2)CC1. The predicted molar refractivity (Wildman–Crippen MR) is 93.0 cm³/mol. The van der Waals surface area contributed by atoms with Crippen molar-refractivity contribution >= 4 is 5.97 Å². The molecule has 3 rings (SSSR count). The number of piperazine rings is 1. The van der Waals surface area contributed by atoms with Crippen molar-refractivity contribution in [1.29, 1.82) is 0 Å². The third-order valence-corrected chi connectivity index (χ3v) is 4.90. The molecule has 0 saturated carbocycles. The largest absolute Gasteiger partial charge is 0.465 e. The Kier molecular flexibility index (Phi) is 5.62. The van der Waals surface area contributed by atoms with Crippen LogP contribution in [0.1, 0.15) is 17.2 Å². The lowest BCUT2D eigenvalue weighted by molar-refractivity contribution is -1.02. The molecule has 2 aromatic rings. The third kappa shape index (κ3) is 4.02. The molecule has 2 aromatic carbocycles. The van der Waals surface area contributed by atoms with Gasteiger partial charge in [0, 0.05) is 11.1 Å². The monoisotopic (exact) mass is 326 g/mol. The van der Waals surface area contributed by atoms with Crippen LogP contribution in [-0.4, -0.2) is 45.8 Å². The zero-order valence-corrected chi connectivity index (χ0v) is 14.2. The summed E-state index contributed by atoms with van der Waals surface area (Å²) < 4.78 is 4.80. The van der Waals surface area contributed by atoms with Gasteiger partial charge in [-0.05, 0) is 0 Å². The van der Waals surface area contributed by atoms with Crippen LogP contribution in [0.3, 0.4) is 0 Å². The van der Waals surface area contributed by atoms with E-state index in [0.717, 1.165) is 26.2 Å². The van der Waals surface area contributed by atoms with Crippen LogP contribution in [0.2, 0.25) is 0 Å². The van der Waals surface area contributed by atoms with E-state index in [1.165, 1.54) is 23.1 Å². The van der Waals surface area contributed by atoms with Gasteiger partial charge in [-0.3, -0.25) is 0 Å². The van der Waals surface area contributed by atoms with Crippen LogP contribution >= 0.6 is 0 Å². The topological polar surface area (TPSA) is 35.2 Å². The number of esters is 1. The standard InChI is InChI=1S/C20H24N2O2/c1-24-19(23)16-21-12-14-22(15-13-21)20(17-8-4-2-5-9-17)18-10-6-3-7-11-18/h2-11,20H,12-16H2,1H3/p+2. The summed E-state index contributed by atoms with van der Waals surface area (Å²) in [4.78, 5) is 14.4. The highest BCUT2D eigenvalue weighted by Gasteiger charge is 2.32. The Morgan fingerprint density at radius 1 is 0.917 bits per heavy atom. The smallest absolute Gasteiger partial charge is 0.361 e. The normalized spacial score (nSPS) is 20.8. The van der Waals surface area contributed by atoms with Gasteiger partial charge in [0.05, 0.1) is 7.11 Å². The number of methoxy groups -OCH3 is 1.